The molecule has 0 saturated carbocycles. The van der Waals surface area contributed by atoms with Gasteiger partial charge in [-0.3, -0.25) is 0 Å². The standard InChI is InChI=1S/C15H18F2N2S/c1-2-9-19-10-5-6-12(19)11-18-13-7-3-4-8-14(13)20-15(16)17/h3-8,10,15,18H,2,9,11H2,1H3. The summed E-state index contributed by atoms with van der Waals surface area (Å²) in [6, 6.07) is 11.2. The molecule has 0 aliphatic carbocycles. The lowest BCUT2D eigenvalue weighted by Crippen LogP contribution is -2.07. The van der Waals surface area contributed by atoms with Gasteiger partial charge >= 0.3 is 0 Å². The van der Waals surface area contributed by atoms with Crippen molar-refractivity contribution in [2.75, 3.05) is 5.32 Å². The monoisotopic (exact) mass is 296 g/mol. The van der Waals surface area contributed by atoms with Gasteiger partial charge in [-0.1, -0.05) is 30.8 Å². The maximum Gasteiger partial charge on any atom is 0.288 e. The molecule has 1 heterocycles. The first-order valence-corrected chi connectivity index (χ1v) is 7.50. The Bertz CT molecular complexity index is 540. The zero-order chi connectivity index (χ0) is 14.4. The van der Waals surface area contributed by atoms with Crippen molar-refractivity contribution >= 4 is 17.4 Å². The van der Waals surface area contributed by atoms with Crippen LogP contribution in [0.2, 0.25) is 0 Å². The second-order valence-electron chi connectivity index (χ2n) is 4.42. The maximum atomic E-state index is 12.5. The third-order valence-electron chi connectivity index (χ3n) is 2.95. The van der Waals surface area contributed by atoms with Gasteiger partial charge in [0.2, 0.25) is 0 Å². The molecule has 108 valence electrons. The van der Waals surface area contributed by atoms with Crippen molar-refractivity contribution in [3.05, 3.63) is 48.3 Å². The average molecular weight is 296 g/mol. The van der Waals surface area contributed by atoms with E-state index in [4.69, 9.17) is 0 Å². The van der Waals surface area contributed by atoms with Gasteiger partial charge in [-0.25, -0.2) is 0 Å². The number of benzene rings is 1. The Labute approximate surface area is 122 Å². The van der Waals surface area contributed by atoms with Crippen molar-refractivity contribution in [3.63, 3.8) is 0 Å². The molecule has 0 amide bonds. The maximum absolute atomic E-state index is 12.5. The molecule has 0 saturated heterocycles. The number of aryl methyl sites for hydroxylation is 1. The number of aromatic nitrogens is 1. The minimum absolute atomic E-state index is 0.574. The fraction of sp³-hybridized carbons (Fsp3) is 0.333. The highest BCUT2D eigenvalue weighted by Crippen LogP contribution is 2.31. The molecular formula is C15H18F2N2S. The lowest BCUT2D eigenvalue weighted by Gasteiger charge is -2.13. The van der Waals surface area contributed by atoms with E-state index in [1.807, 2.05) is 30.5 Å². The van der Waals surface area contributed by atoms with Gasteiger partial charge in [-0.15, -0.1) is 0 Å². The fourth-order valence-corrected chi connectivity index (χ4v) is 2.68. The van der Waals surface area contributed by atoms with Gasteiger partial charge in [-0.05, 0) is 30.7 Å². The van der Waals surface area contributed by atoms with Gasteiger partial charge < -0.3 is 9.88 Å². The molecule has 1 aromatic carbocycles. The number of hydrogen-bond acceptors (Lipinski definition) is 2. The molecule has 0 unspecified atom stereocenters. The predicted molar refractivity (Wildman–Crippen MR) is 80.4 cm³/mol. The van der Waals surface area contributed by atoms with Crippen molar-refractivity contribution in [1.29, 1.82) is 0 Å². The van der Waals surface area contributed by atoms with Crippen LogP contribution >= 0.6 is 11.8 Å². The summed E-state index contributed by atoms with van der Waals surface area (Å²) in [6.07, 6.45) is 3.11. The Morgan fingerprint density at radius 1 is 1.20 bits per heavy atom. The first-order valence-electron chi connectivity index (χ1n) is 6.62. The molecule has 0 radical (unpaired) electrons. The van der Waals surface area contributed by atoms with Crippen LogP contribution in [-0.4, -0.2) is 10.3 Å². The molecule has 1 aromatic heterocycles. The molecule has 2 aromatic rings. The summed E-state index contributed by atoms with van der Waals surface area (Å²) in [5.74, 6) is -2.40. The topological polar surface area (TPSA) is 17.0 Å². The van der Waals surface area contributed by atoms with Crippen molar-refractivity contribution in [2.45, 2.75) is 37.1 Å². The molecule has 0 atom stereocenters. The normalized spacial score (nSPS) is 11.0. The van der Waals surface area contributed by atoms with E-state index >= 15 is 0 Å². The number of para-hydroxylation sites is 1. The van der Waals surface area contributed by atoms with E-state index in [1.165, 1.54) is 0 Å². The molecule has 0 fully saturated rings. The van der Waals surface area contributed by atoms with E-state index in [9.17, 15) is 8.78 Å². The van der Waals surface area contributed by atoms with Crippen molar-refractivity contribution in [2.24, 2.45) is 0 Å². The Hall–Kier alpha value is -1.49. The Kier molecular flexibility index (Phi) is 5.47. The number of alkyl halides is 2. The first kappa shape index (κ1) is 14.9. The van der Waals surface area contributed by atoms with Gasteiger partial charge in [0, 0.05) is 29.0 Å². The van der Waals surface area contributed by atoms with E-state index in [2.05, 4.69) is 16.8 Å². The Morgan fingerprint density at radius 2 is 2.00 bits per heavy atom. The van der Waals surface area contributed by atoms with E-state index in [-0.39, 0.29) is 0 Å². The van der Waals surface area contributed by atoms with Crippen LogP contribution < -0.4 is 5.32 Å². The Morgan fingerprint density at radius 3 is 2.75 bits per heavy atom. The average Bonchev–Trinajstić information content (AvgIpc) is 2.85. The van der Waals surface area contributed by atoms with Gasteiger partial charge in [0.25, 0.3) is 5.76 Å². The largest absolute Gasteiger partial charge is 0.379 e. The summed E-state index contributed by atoms with van der Waals surface area (Å²) in [4.78, 5) is 0.580. The first-order chi connectivity index (χ1) is 9.70. The lowest BCUT2D eigenvalue weighted by molar-refractivity contribution is 0.252. The van der Waals surface area contributed by atoms with E-state index in [1.54, 1.807) is 12.1 Å². The number of nitrogens with one attached hydrogen (secondary N) is 1. The summed E-state index contributed by atoms with van der Waals surface area (Å²) in [5, 5.41) is 3.24. The van der Waals surface area contributed by atoms with Crippen molar-refractivity contribution < 1.29 is 8.78 Å². The summed E-state index contributed by atoms with van der Waals surface area (Å²) >= 11 is 0.574. The number of thioether (sulfide) groups is 1. The quantitative estimate of drug-likeness (QED) is 0.737. The van der Waals surface area contributed by atoms with Gasteiger partial charge in [0.05, 0.1) is 6.54 Å². The fourth-order valence-electron chi connectivity index (χ4n) is 2.07. The van der Waals surface area contributed by atoms with Gasteiger partial charge in [-0.2, -0.15) is 8.78 Å². The number of anilines is 1. The summed E-state index contributed by atoms with van der Waals surface area (Å²) in [5.41, 5.74) is 1.91. The second-order valence-corrected chi connectivity index (χ2v) is 5.45. The highest BCUT2D eigenvalue weighted by Gasteiger charge is 2.09. The molecule has 0 aliphatic heterocycles. The van der Waals surface area contributed by atoms with E-state index in [0.717, 1.165) is 24.3 Å². The van der Waals surface area contributed by atoms with Crippen LogP contribution in [-0.2, 0) is 13.1 Å². The highest BCUT2D eigenvalue weighted by atomic mass is 32.2. The van der Waals surface area contributed by atoms with Crippen LogP contribution in [0.1, 0.15) is 19.0 Å². The summed E-state index contributed by atoms with van der Waals surface area (Å²) < 4.78 is 27.2. The van der Waals surface area contributed by atoms with Crippen LogP contribution in [0.4, 0.5) is 14.5 Å². The molecule has 2 nitrogen and oxygen atoms in total. The van der Waals surface area contributed by atoms with Gasteiger partial charge in [0.1, 0.15) is 0 Å². The van der Waals surface area contributed by atoms with E-state index in [0.29, 0.717) is 23.2 Å². The van der Waals surface area contributed by atoms with Gasteiger partial charge in [0.15, 0.2) is 0 Å². The molecule has 2 rings (SSSR count). The number of rotatable bonds is 7. The van der Waals surface area contributed by atoms with Crippen LogP contribution in [0.25, 0.3) is 0 Å². The minimum atomic E-state index is -2.40. The van der Waals surface area contributed by atoms with Crippen molar-refractivity contribution in [1.82, 2.24) is 4.57 Å². The minimum Gasteiger partial charge on any atom is -0.379 e. The van der Waals surface area contributed by atoms with Crippen molar-refractivity contribution in [3.8, 4) is 0 Å². The van der Waals surface area contributed by atoms with Crippen LogP contribution in [0.3, 0.4) is 0 Å². The molecule has 0 bridgehead atoms. The molecule has 5 heteroatoms. The predicted octanol–water partition coefficient (Wildman–Crippen LogP) is 4.82. The summed E-state index contributed by atoms with van der Waals surface area (Å²) in [7, 11) is 0. The van der Waals surface area contributed by atoms with Crippen LogP contribution in [0, 0.1) is 0 Å². The third kappa shape index (κ3) is 4.00. The molecule has 1 N–H and O–H groups in total. The molecule has 0 aliphatic rings. The van der Waals surface area contributed by atoms with Crippen LogP contribution in [0.5, 0.6) is 0 Å². The number of halogens is 2. The van der Waals surface area contributed by atoms with Crippen LogP contribution in [0.15, 0.2) is 47.5 Å². The molecule has 20 heavy (non-hydrogen) atoms. The zero-order valence-electron chi connectivity index (χ0n) is 11.4. The lowest BCUT2D eigenvalue weighted by atomic mass is 10.3. The molecule has 0 spiro atoms. The second kappa shape index (κ2) is 7.33. The third-order valence-corrected chi connectivity index (χ3v) is 3.74. The smallest absolute Gasteiger partial charge is 0.288 e. The summed E-state index contributed by atoms with van der Waals surface area (Å²) in [6.45, 7) is 3.73. The SMILES string of the molecule is CCCn1cccc1CNc1ccccc1SC(F)F. The number of hydrogen-bond donors (Lipinski definition) is 1. The zero-order valence-corrected chi connectivity index (χ0v) is 12.2. The number of nitrogens with zero attached hydrogens (tertiary/aromatic N) is 1. The Balaban J connectivity index is 2.05. The molecular weight excluding hydrogens is 278 g/mol. The highest BCUT2D eigenvalue weighted by molar-refractivity contribution is 7.99. The van der Waals surface area contributed by atoms with E-state index < -0.39 is 5.76 Å².